The third-order valence-corrected chi connectivity index (χ3v) is 1.91. The number of rotatable bonds is 6. The van der Waals surface area contributed by atoms with Crippen LogP contribution in [-0.2, 0) is 4.74 Å². The standard InChI is InChI=1S/C8H17ClO/c1-8(4-3-6-9)5-7-10-2/h8H,3-7H2,1-2H3. The van der Waals surface area contributed by atoms with E-state index in [9.17, 15) is 0 Å². The van der Waals surface area contributed by atoms with Crippen molar-refractivity contribution in [3.8, 4) is 0 Å². The van der Waals surface area contributed by atoms with Crippen LogP contribution >= 0.6 is 11.6 Å². The number of hydrogen-bond donors (Lipinski definition) is 0. The Bertz CT molecular complexity index is 58.3. The third kappa shape index (κ3) is 6.37. The summed E-state index contributed by atoms with van der Waals surface area (Å²) in [6.45, 7) is 3.12. The Kier molecular flexibility index (Phi) is 7.54. The molecule has 0 radical (unpaired) electrons. The maximum Gasteiger partial charge on any atom is 0.0464 e. The molecular weight excluding hydrogens is 148 g/mol. The maximum atomic E-state index is 5.55. The zero-order valence-electron chi connectivity index (χ0n) is 6.90. The van der Waals surface area contributed by atoms with Crippen LogP contribution in [0.1, 0.15) is 26.2 Å². The van der Waals surface area contributed by atoms with Crippen molar-refractivity contribution in [2.45, 2.75) is 26.2 Å². The summed E-state index contributed by atoms with van der Waals surface area (Å²) >= 11 is 5.55. The molecule has 0 aromatic heterocycles. The van der Waals surface area contributed by atoms with E-state index in [1.165, 1.54) is 6.42 Å². The number of halogens is 1. The van der Waals surface area contributed by atoms with Gasteiger partial charge in [-0.05, 0) is 25.2 Å². The van der Waals surface area contributed by atoms with E-state index >= 15 is 0 Å². The molecule has 0 amide bonds. The van der Waals surface area contributed by atoms with Crippen LogP contribution in [0.2, 0.25) is 0 Å². The second-order valence-electron chi connectivity index (χ2n) is 2.72. The van der Waals surface area contributed by atoms with Crippen molar-refractivity contribution in [2.75, 3.05) is 19.6 Å². The van der Waals surface area contributed by atoms with E-state index in [1.807, 2.05) is 0 Å². The van der Waals surface area contributed by atoms with E-state index < -0.39 is 0 Å². The van der Waals surface area contributed by atoms with Gasteiger partial charge in [0, 0.05) is 19.6 Å². The minimum Gasteiger partial charge on any atom is -0.385 e. The van der Waals surface area contributed by atoms with Crippen molar-refractivity contribution in [1.29, 1.82) is 0 Å². The molecule has 0 N–H and O–H groups in total. The fourth-order valence-electron chi connectivity index (χ4n) is 0.889. The first-order valence-electron chi connectivity index (χ1n) is 3.86. The molecule has 0 fully saturated rings. The van der Waals surface area contributed by atoms with E-state index in [-0.39, 0.29) is 0 Å². The molecule has 0 aromatic rings. The van der Waals surface area contributed by atoms with Crippen molar-refractivity contribution in [3.63, 3.8) is 0 Å². The Hall–Kier alpha value is 0.250. The second kappa shape index (κ2) is 7.36. The van der Waals surface area contributed by atoms with Crippen molar-refractivity contribution >= 4 is 11.6 Å². The van der Waals surface area contributed by atoms with Gasteiger partial charge in [-0.1, -0.05) is 6.92 Å². The third-order valence-electron chi connectivity index (χ3n) is 1.65. The van der Waals surface area contributed by atoms with E-state index in [0.717, 1.165) is 31.2 Å². The Morgan fingerprint density at radius 2 is 2.10 bits per heavy atom. The van der Waals surface area contributed by atoms with Crippen LogP contribution in [0.5, 0.6) is 0 Å². The number of methoxy groups -OCH3 is 1. The van der Waals surface area contributed by atoms with Crippen LogP contribution in [0, 0.1) is 5.92 Å². The van der Waals surface area contributed by atoms with Crippen molar-refractivity contribution in [1.82, 2.24) is 0 Å². The molecule has 0 rings (SSSR count). The highest BCUT2D eigenvalue weighted by atomic mass is 35.5. The fraction of sp³-hybridized carbons (Fsp3) is 1.00. The molecule has 0 aliphatic heterocycles. The summed E-state index contributed by atoms with van der Waals surface area (Å²) in [4.78, 5) is 0. The zero-order valence-corrected chi connectivity index (χ0v) is 7.66. The summed E-state index contributed by atoms with van der Waals surface area (Å²) in [6.07, 6.45) is 3.52. The average molecular weight is 165 g/mol. The van der Waals surface area contributed by atoms with Gasteiger partial charge in [-0.2, -0.15) is 0 Å². The highest BCUT2D eigenvalue weighted by Crippen LogP contribution is 2.10. The smallest absolute Gasteiger partial charge is 0.0464 e. The molecule has 0 saturated heterocycles. The van der Waals surface area contributed by atoms with E-state index in [4.69, 9.17) is 16.3 Å². The summed E-state index contributed by atoms with van der Waals surface area (Å²) in [7, 11) is 1.74. The predicted molar refractivity (Wildman–Crippen MR) is 45.6 cm³/mol. The molecule has 1 nitrogen and oxygen atoms in total. The molecule has 0 saturated carbocycles. The lowest BCUT2D eigenvalue weighted by atomic mass is 10.0. The lowest BCUT2D eigenvalue weighted by Gasteiger charge is -2.08. The van der Waals surface area contributed by atoms with Gasteiger partial charge in [0.2, 0.25) is 0 Å². The molecule has 62 valence electrons. The van der Waals surface area contributed by atoms with Gasteiger partial charge in [0.05, 0.1) is 0 Å². The average Bonchev–Trinajstić information content (AvgIpc) is 1.97. The zero-order chi connectivity index (χ0) is 7.82. The molecule has 0 bridgehead atoms. The largest absolute Gasteiger partial charge is 0.385 e. The molecule has 0 aliphatic rings. The first kappa shape index (κ1) is 10.2. The van der Waals surface area contributed by atoms with Crippen LogP contribution in [0.3, 0.4) is 0 Å². The minimum atomic E-state index is 0.763. The Balaban J connectivity index is 3.00. The first-order chi connectivity index (χ1) is 4.81. The van der Waals surface area contributed by atoms with Gasteiger partial charge in [-0.25, -0.2) is 0 Å². The molecule has 1 unspecified atom stereocenters. The van der Waals surface area contributed by atoms with Crippen LogP contribution < -0.4 is 0 Å². The molecular formula is C8H17ClO. The Morgan fingerprint density at radius 1 is 1.40 bits per heavy atom. The summed E-state index contributed by atoms with van der Waals surface area (Å²) < 4.78 is 4.96. The van der Waals surface area contributed by atoms with Gasteiger partial charge in [-0.3, -0.25) is 0 Å². The molecule has 10 heavy (non-hydrogen) atoms. The highest BCUT2D eigenvalue weighted by Gasteiger charge is 1.99. The van der Waals surface area contributed by atoms with Crippen LogP contribution in [0.25, 0.3) is 0 Å². The first-order valence-corrected chi connectivity index (χ1v) is 4.39. The summed E-state index contributed by atoms with van der Waals surface area (Å²) in [5.74, 6) is 1.55. The van der Waals surface area contributed by atoms with Crippen LogP contribution in [0.15, 0.2) is 0 Å². The lowest BCUT2D eigenvalue weighted by Crippen LogP contribution is -1.99. The van der Waals surface area contributed by atoms with Gasteiger partial charge in [-0.15, -0.1) is 11.6 Å². The summed E-state index contributed by atoms with van der Waals surface area (Å²) in [5, 5.41) is 0. The Labute approximate surface area is 68.7 Å². The molecule has 0 aromatic carbocycles. The number of hydrogen-bond acceptors (Lipinski definition) is 1. The number of alkyl halides is 1. The van der Waals surface area contributed by atoms with Crippen molar-refractivity contribution in [3.05, 3.63) is 0 Å². The maximum absolute atomic E-state index is 5.55. The predicted octanol–water partition coefficient (Wildman–Crippen LogP) is 2.68. The second-order valence-corrected chi connectivity index (χ2v) is 3.10. The highest BCUT2D eigenvalue weighted by molar-refractivity contribution is 6.17. The minimum absolute atomic E-state index is 0.763. The van der Waals surface area contributed by atoms with Gasteiger partial charge in [0.1, 0.15) is 0 Å². The SMILES string of the molecule is COCCC(C)CCCCl. The van der Waals surface area contributed by atoms with Gasteiger partial charge in [0.15, 0.2) is 0 Å². The fourth-order valence-corrected chi connectivity index (χ4v) is 1.04. The van der Waals surface area contributed by atoms with Gasteiger partial charge >= 0.3 is 0 Å². The monoisotopic (exact) mass is 164 g/mol. The quantitative estimate of drug-likeness (QED) is 0.549. The van der Waals surface area contributed by atoms with Gasteiger partial charge < -0.3 is 4.74 Å². The molecule has 0 heterocycles. The Morgan fingerprint density at radius 3 is 2.60 bits per heavy atom. The van der Waals surface area contributed by atoms with Gasteiger partial charge in [0.25, 0.3) is 0 Å². The summed E-state index contributed by atoms with van der Waals surface area (Å²) in [5.41, 5.74) is 0. The van der Waals surface area contributed by atoms with E-state index in [0.29, 0.717) is 0 Å². The lowest BCUT2D eigenvalue weighted by molar-refractivity contribution is 0.178. The normalized spacial score (nSPS) is 13.5. The molecule has 1 atom stereocenters. The van der Waals surface area contributed by atoms with E-state index in [1.54, 1.807) is 7.11 Å². The summed E-state index contributed by atoms with van der Waals surface area (Å²) in [6, 6.07) is 0. The molecule has 2 heteroatoms. The molecule has 0 spiro atoms. The van der Waals surface area contributed by atoms with E-state index in [2.05, 4.69) is 6.92 Å². The van der Waals surface area contributed by atoms with Crippen molar-refractivity contribution < 1.29 is 4.74 Å². The molecule has 0 aliphatic carbocycles. The van der Waals surface area contributed by atoms with Crippen molar-refractivity contribution in [2.24, 2.45) is 5.92 Å². The van der Waals surface area contributed by atoms with Crippen LogP contribution in [0.4, 0.5) is 0 Å². The topological polar surface area (TPSA) is 9.23 Å². The number of ether oxygens (including phenoxy) is 1. The van der Waals surface area contributed by atoms with Crippen LogP contribution in [-0.4, -0.2) is 19.6 Å².